The first-order chi connectivity index (χ1) is 10.9. The Labute approximate surface area is 132 Å². The van der Waals surface area contributed by atoms with Gasteiger partial charge in [-0.2, -0.15) is 0 Å². The molecule has 0 fully saturated rings. The summed E-state index contributed by atoms with van der Waals surface area (Å²) in [6.45, 7) is 4.22. The zero-order chi connectivity index (χ0) is 16.7. The molecule has 0 saturated carbocycles. The van der Waals surface area contributed by atoms with Crippen molar-refractivity contribution in [3.8, 4) is 5.69 Å². The summed E-state index contributed by atoms with van der Waals surface area (Å²) in [4.78, 5) is 35.9. The largest absolute Gasteiger partial charge is 0.384 e. The van der Waals surface area contributed by atoms with Crippen molar-refractivity contribution in [1.29, 1.82) is 0 Å². The molecule has 118 valence electrons. The molecule has 0 atom stereocenters. The van der Waals surface area contributed by atoms with Crippen LogP contribution in [-0.2, 0) is 6.42 Å². The van der Waals surface area contributed by atoms with Gasteiger partial charge in [-0.3, -0.25) is 24.3 Å². The Bertz CT molecular complexity index is 881. The molecule has 0 saturated heterocycles. The number of nitrogens with zero attached hydrogens (tertiary/aromatic N) is 1. The van der Waals surface area contributed by atoms with Gasteiger partial charge in [-0.25, -0.2) is 0 Å². The van der Waals surface area contributed by atoms with Crippen molar-refractivity contribution in [2.24, 2.45) is 5.92 Å². The van der Waals surface area contributed by atoms with Crippen LogP contribution < -0.4 is 16.6 Å². The van der Waals surface area contributed by atoms with Gasteiger partial charge in [0.05, 0.1) is 16.8 Å². The quantitative estimate of drug-likeness (QED) is 0.840. The molecule has 0 aliphatic carbocycles. The number of pyridine rings is 1. The highest BCUT2D eigenvalue weighted by Gasteiger charge is 2.31. The number of rotatable bonds is 3. The summed E-state index contributed by atoms with van der Waals surface area (Å²) in [5.74, 6) is -0.704. The number of anilines is 1. The van der Waals surface area contributed by atoms with Gasteiger partial charge in [0.15, 0.2) is 0 Å². The predicted molar refractivity (Wildman–Crippen MR) is 86.8 cm³/mol. The van der Waals surface area contributed by atoms with E-state index >= 15 is 0 Å². The number of aromatic nitrogens is 1. The van der Waals surface area contributed by atoms with E-state index in [1.165, 1.54) is 4.57 Å². The summed E-state index contributed by atoms with van der Waals surface area (Å²) in [5.41, 5.74) is 7.34. The van der Waals surface area contributed by atoms with Gasteiger partial charge in [0.2, 0.25) is 0 Å². The van der Waals surface area contributed by atoms with Crippen LogP contribution in [0.3, 0.4) is 0 Å². The zero-order valence-corrected chi connectivity index (χ0v) is 12.9. The van der Waals surface area contributed by atoms with Crippen LogP contribution >= 0.6 is 0 Å². The van der Waals surface area contributed by atoms with E-state index in [-0.39, 0.29) is 16.9 Å². The second-order valence-corrected chi connectivity index (χ2v) is 6.04. The minimum atomic E-state index is -0.588. The highest BCUT2D eigenvalue weighted by molar-refractivity contribution is 6.23. The first-order valence-corrected chi connectivity index (χ1v) is 7.39. The van der Waals surface area contributed by atoms with Crippen molar-refractivity contribution < 1.29 is 9.59 Å². The third-order valence-corrected chi connectivity index (χ3v) is 3.77. The van der Waals surface area contributed by atoms with Gasteiger partial charge in [-0.1, -0.05) is 26.0 Å². The van der Waals surface area contributed by atoms with E-state index in [4.69, 9.17) is 5.73 Å². The highest BCUT2D eigenvalue weighted by Crippen LogP contribution is 2.23. The Balaban J connectivity index is 2.19. The number of benzene rings is 1. The average molecular weight is 311 g/mol. The SMILES string of the molecule is CC(C)Cc1cccc(-n2c(N)c3c(cc2=O)C(=O)NC3=O)c1. The monoisotopic (exact) mass is 311 g/mol. The van der Waals surface area contributed by atoms with Crippen LogP contribution in [0.15, 0.2) is 35.1 Å². The number of carbonyl (C=O) groups excluding carboxylic acids is 2. The van der Waals surface area contributed by atoms with Crippen molar-refractivity contribution in [2.45, 2.75) is 20.3 Å². The van der Waals surface area contributed by atoms with E-state index in [0.717, 1.165) is 18.1 Å². The number of hydrogen-bond donors (Lipinski definition) is 2. The lowest BCUT2D eigenvalue weighted by Crippen LogP contribution is -2.24. The van der Waals surface area contributed by atoms with Gasteiger partial charge < -0.3 is 5.73 Å². The Morgan fingerprint density at radius 2 is 1.87 bits per heavy atom. The van der Waals surface area contributed by atoms with Crippen LogP contribution in [0.4, 0.5) is 5.82 Å². The first-order valence-electron chi connectivity index (χ1n) is 7.39. The van der Waals surface area contributed by atoms with Crippen LogP contribution in [0.2, 0.25) is 0 Å². The molecule has 1 aliphatic heterocycles. The summed E-state index contributed by atoms with van der Waals surface area (Å²) in [5, 5.41) is 2.16. The molecule has 6 nitrogen and oxygen atoms in total. The standard InChI is InChI=1S/C17H17N3O3/c1-9(2)6-10-4-3-5-11(7-10)20-13(21)8-12-14(15(20)18)17(23)19-16(12)22/h3-5,7-9H,6,18H2,1-2H3,(H,19,22,23). The van der Waals surface area contributed by atoms with E-state index in [2.05, 4.69) is 19.2 Å². The van der Waals surface area contributed by atoms with E-state index in [9.17, 15) is 14.4 Å². The molecule has 2 heterocycles. The molecule has 23 heavy (non-hydrogen) atoms. The van der Waals surface area contributed by atoms with Crippen LogP contribution in [-0.4, -0.2) is 16.4 Å². The number of nitrogens with one attached hydrogen (secondary N) is 1. The molecule has 0 bridgehead atoms. The third kappa shape index (κ3) is 2.52. The molecule has 3 N–H and O–H groups in total. The van der Waals surface area contributed by atoms with Crippen LogP contribution in [0.1, 0.15) is 40.1 Å². The fourth-order valence-corrected chi connectivity index (χ4v) is 2.84. The fraction of sp³-hybridized carbons (Fsp3) is 0.235. The minimum absolute atomic E-state index is 0.0162. The Morgan fingerprint density at radius 1 is 1.13 bits per heavy atom. The predicted octanol–water partition coefficient (Wildman–Crippen LogP) is 1.50. The lowest BCUT2D eigenvalue weighted by Gasteiger charge is -2.13. The van der Waals surface area contributed by atoms with Gasteiger partial charge in [-0.15, -0.1) is 0 Å². The number of amides is 2. The summed E-state index contributed by atoms with van der Waals surface area (Å²) in [6.07, 6.45) is 0.867. The molecular weight excluding hydrogens is 294 g/mol. The van der Waals surface area contributed by atoms with Crippen molar-refractivity contribution in [1.82, 2.24) is 9.88 Å². The van der Waals surface area contributed by atoms with Crippen LogP contribution in [0, 0.1) is 5.92 Å². The highest BCUT2D eigenvalue weighted by atomic mass is 16.2. The summed E-state index contributed by atoms with van der Waals surface area (Å²) >= 11 is 0. The maximum Gasteiger partial charge on any atom is 0.262 e. The Hall–Kier alpha value is -2.89. The summed E-state index contributed by atoms with van der Waals surface area (Å²) in [7, 11) is 0. The number of nitrogens with two attached hydrogens (primary N) is 1. The lowest BCUT2D eigenvalue weighted by molar-refractivity contribution is 0.0880. The van der Waals surface area contributed by atoms with E-state index in [1.54, 1.807) is 6.07 Å². The van der Waals surface area contributed by atoms with Crippen molar-refractivity contribution >= 4 is 17.6 Å². The topological polar surface area (TPSA) is 94.2 Å². The number of nitrogen functional groups attached to an aromatic ring is 1. The molecule has 0 spiro atoms. The lowest BCUT2D eigenvalue weighted by atomic mass is 10.0. The number of imide groups is 1. The molecule has 1 aromatic carbocycles. The Kier molecular flexibility index (Phi) is 3.52. The van der Waals surface area contributed by atoms with Crippen molar-refractivity contribution in [2.75, 3.05) is 5.73 Å². The fourth-order valence-electron chi connectivity index (χ4n) is 2.84. The van der Waals surface area contributed by atoms with Crippen LogP contribution in [0.25, 0.3) is 5.69 Å². The van der Waals surface area contributed by atoms with Crippen LogP contribution in [0.5, 0.6) is 0 Å². The van der Waals surface area contributed by atoms with Gasteiger partial charge >= 0.3 is 0 Å². The summed E-state index contributed by atoms with van der Waals surface area (Å²) in [6, 6.07) is 8.61. The molecule has 0 unspecified atom stereocenters. The molecule has 6 heteroatoms. The molecular formula is C17H17N3O3. The van der Waals surface area contributed by atoms with Crippen molar-refractivity contribution in [3.05, 3.63) is 57.4 Å². The second-order valence-electron chi connectivity index (χ2n) is 6.04. The molecule has 3 rings (SSSR count). The Morgan fingerprint density at radius 3 is 2.57 bits per heavy atom. The van der Waals surface area contributed by atoms with Gasteiger partial charge in [-0.05, 0) is 30.0 Å². The molecule has 1 aliphatic rings. The molecule has 2 amide bonds. The second kappa shape index (κ2) is 5.39. The third-order valence-electron chi connectivity index (χ3n) is 3.77. The smallest absolute Gasteiger partial charge is 0.262 e. The maximum absolute atomic E-state index is 12.4. The van der Waals surface area contributed by atoms with Gasteiger partial charge in [0.25, 0.3) is 17.4 Å². The molecule has 2 aromatic rings. The van der Waals surface area contributed by atoms with E-state index in [1.807, 2.05) is 18.2 Å². The molecule has 0 radical (unpaired) electrons. The van der Waals surface area contributed by atoms with E-state index < -0.39 is 17.4 Å². The summed E-state index contributed by atoms with van der Waals surface area (Å²) < 4.78 is 1.26. The number of carbonyl (C=O) groups is 2. The maximum atomic E-state index is 12.4. The number of hydrogen-bond acceptors (Lipinski definition) is 4. The minimum Gasteiger partial charge on any atom is -0.384 e. The first kappa shape index (κ1) is 15.0. The number of fused-ring (bicyclic) bond motifs is 1. The normalized spacial score (nSPS) is 13.3. The van der Waals surface area contributed by atoms with Crippen molar-refractivity contribution in [3.63, 3.8) is 0 Å². The molecule has 1 aromatic heterocycles. The van der Waals surface area contributed by atoms with E-state index in [0.29, 0.717) is 11.6 Å². The zero-order valence-electron chi connectivity index (χ0n) is 12.9. The van der Waals surface area contributed by atoms with Gasteiger partial charge in [0, 0.05) is 6.07 Å². The van der Waals surface area contributed by atoms with Gasteiger partial charge in [0.1, 0.15) is 5.82 Å². The average Bonchev–Trinajstić information content (AvgIpc) is 2.73.